The van der Waals surface area contributed by atoms with Gasteiger partial charge in [0.2, 0.25) is 0 Å². The van der Waals surface area contributed by atoms with Crippen LogP contribution >= 0.6 is 0 Å². The number of rotatable bonds is 0. The minimum absolute atomic E-state index is 0. The standard InChI is InChI=1S/CHNS.BrH/c2-1-3;/h3H;1H/p-2. The van der Waals surface area contributed by atoms with Crippen molar-refractivity contribution < 1.29 is 17.0 Å². The third kappa shape index (κ3) is 85.9. The van der Waals surface area contributed by atoms with Crippen molar-refractivity contribution in [3.8, 4) is 5.40 Å². The molecular weight excluding hydrogens is 138 g/mol. The highest BCUT2D eigenvalue weighted by Gasteiger charge is 0.867. The van der Waals surface area contributed by atoms with E-state index in [9.17, 15) is 0 Å². The Balaban J connectivity index is 0. The minimum Gasteiger partial charge on any atom is -1.00 e. The molecule has 24 valence electrons. The van der Waals surface area contributed by atoms with E-state index in [1.165, 1.54) is 5.40 Å². The SMILES string of the molecule is N#C[S-].[Br-]. The fourth-order valence-electron chi connectivity index (χ4n) is 0. The van der Waals surface area contributed by atoms with Gasteiger partial charge >= 0.3 is 0 Å². The molecule has 0 radical (unpaired) electrons. The molecule has 0 N–H and O–H groups in total. The molecule has 0 fully saturated rings. The van der Waals surface area contributed by atoms with Crippen molar-refractivity contribution in [1.29, 1.82) is 5.26 Å². The molecule has 0 bridgehead atoms. The average molecular weight is 138 g/mol. The summed E-state index contributed by atoms with van der Waals surface area (Å²) < 4.78 is 0. The number of hydrogen-bond acceptors (Lipinski definition) is 2. The van der Waals surface area contributed by atoms with Crippen molar-refractivity contribution in [2.24, 2.45) is 0 Å². The molecule has 0 spiro atoms. The van der Waals surface area contributed by atoms with E-state index in [-0.39, 0.29) is 17.0 Å². The molecule has 0 saturated carbocycles. The number of thiocyanates is 1. The maximum Gasteiger partial charge on any atom is -0.0797 e. The van der Waals surface area contributed by atoms with Crippen LogP contribution in [0.4, 0.5) is 0 Å². The first-order valence-electron chi connectivity index (χ1n) is 0.428. The Labute approximate surface area is 40.8 Å². The highest BCUT2D eigenvalue weighted by atomic mass is 79.9. The summed E-state index contributed by atoms with van der Waals surface area (Å²) in [7, 11) is 0. The molecule has 0 amide bonds. The van der Waals surface area contributed by atoms with Crippen LogP contribution in [0.3, 0.4) is 0 Å². The van der Waals surface area contributed by atoms with Crippen molar-refractivity contribution >= 4 is 12.6 Å². The number of halogens is 1. The lowest BCUT2D eigenvalue weighted by atomic mass is 11.8. The highest BCUT2D eigenvalue weighted by Crippen LogP contribution is 1.16. The molecule has 0 aromatic rings. The predicted molar refractivity (Wildman–Crippen MR) is 13.0 cm³/mol. The van der Waals surface area contributed by atoms with Crippen LogP contribution in [0.5, 0.6) is 0 Å². The number of nitrogens with zero attached hydrogens (tertiary/aromatic N) is 1. The van der Waals surface area contributed by atoms with E-state index in [1.54, 1.807) is 0 Å². The van der Waals surface area contributed by atoms with Crippen LogP contribution in [-0.2, 0) is 12.6 Å². The van der Waals surface area contributed by atoms with Gasteiger partial charge in [0.1, 0.15) is 0 Å². The molecule has 0 saturated heterocycles. The van der Waals surface area contributed by atoms with Crippen LogP contribution in [0.25, 0.3) is 0 Å². The largest absolute Gasteiger partial charge is 1.00 e. The zero-order valence-corrected chi connectivity index (χ0v) is 4.14. The Kier molecular flexibility index (Phi) is 24.0. The van der Waals surface area contributed by atoms with Crippen LogP contribution < -0.4 is 17.0 Å². The minimum atomic E-state index is 0. The van der Waals surface area contributed by atoms with E-state index in [0.717, 1.165) is 0 Å². The van der Waals surface area contributed by atoms with Crippen LogP contribution in [-0.4, -0.2) is 0 Å². The molecule has 0 aliphatic rings. The molecular formula is CBrNS-2. The van der Waals surface area contributed by atoms with Gasteiger partial charge in [0, 0.05) is 0 Å². The highest BCUT2D eigenvalue weighted by molar-refractivity contribution is 7.64. The molecule has 0 aliphatic carbocycles. The zero-order chi connectivity index (χ0) is 2.71. The van der Waals surface area contributed by atoms with E-state index in [2.05, 4.69) is 12.6 Å². The van der Waals surface area contributed by atoms with E-state index in [1.807, 2.05) is 0 Å². The summed E-state index contributed by atoms with van der Waals surface area (Å²) in [5.74, 6) is 0. The maximum absolute atomic E-state index is 7.13. The van der Waals surface area contributed by atoms with Crippen LogP contribution in [0, 0.1) is 10.7 Å². The van der Waals surface area contributed by atoms with E-state index >= 15 is 0 Å². The molecule has 4 heavy (non-hydrogen) atoms. The zero-order valence-electron chi connectivity index (χ0n) is 1.73. The van der Waals surface area contributed by atoms with E-state index in [0.29, 0.717) is 0 Å². The Morgan fingerprint density at radius 2 is 1.75 bits per heavy atom. The fraction of sp³-hybridized carbons (Fsp3) is 0. The molecule has 0 aromatic carbocycles. The Bertz CT molecular complexity index is 29.5. The molecule has 0 atom stereocenters. The third-order valence-corrected chi connectivity index (χ3v) is 0. The molecule has 0 unspecified atom stereocenters. The van der Waals surface area contributed by atoms with Gasteiger partial charge in [0.05, 0.1) is 0 Å². The first kappa shape index (κ1) is 8.89. The molecule has 1 nitrogen and oxygen atoms in total. The molecule has 0 aromatic heterocycles. The molecule has 3 heteroatoms. The smallest absolute Gasteiger partial charge is 0.0797 e. The summed E-state index contributed by atoms with van der Waals surface area (Å²) in [6.07, 6.45) is 0. The van der Waals surface area contributed by atoms with Gasteiger partial charge in [-0.15, -0.1) is 0 Å². The Hall–Kier alpha value is 0.190. The summed E-state index contributed by atoms with van der Waals surface area (Å²) in [5, 5.41) is 8.47. The lowest BCUT2D eigenvalue weighted by molar-refractivity contribution is -0.000000794. The van der Waals surface area contributed by atoms with Crippen molar-refractivity contribution in [3.05, 3.63) is 0 Å². The summed E-state index contributed by atoms with van der Waals surface area (Å²) in [4.78, 5) is 0. The first-order valence-corrected chi connectivity index (χ1v) is 0.836. The van der Waals surface area contributed by atoms with Gasteiger partial charge in [0.25, 0.3) is 0 Å². The fourth-order valence-corrected chi connectivity index (χ4v) is 0. The predicted octanol–water partition coefficient (Wildman–Crippen LogP) is -2.98. The summed E-state index contributed by atoms with van der Waals surface area (Å²) in [5.41, 5.74) is 0. The maximum atomic E-state index is 7.13. The van der Waals surface area contributed by atoms with Crippen molar-refractivity contribution in [2.45, 2.75) is 0 Å². The Morgan fingerprint density at radius 3 is 1.75 bits per heavy atom. The summed E-state index contributed by atoms with van der Waals surface area (Å²) >= 11 is 3.70. The van der Waals surface area contributed by atoms with Gasteiger partial charge in [-0.3, -0.25) is 0 Å². The van der Waals surface area contributed by atoms with Gasteiger partial charge in [-0.25, -0.2) is 5.26 Å². The van der Waals surface area contributed by atoms with Crippen molar-refractivity contribution in [3.63, 3.8) is 0 Å². The van der Waals surface area contributed by atoms with Gasteiger partial charge in [-0.1, -0.05) is 5.40 Å². The quantitative estimate of drug-likeness (QED) is 0.263. The van der Waals surface area contributed by atoms with Crippen molar-refractivity contribution in [1.82, 2.24) is 0 Å². The third-order valence-electron chi connectivity index (χ3n) is 0. The topological polar surface area (TPSA) is 23.8 Å². The second-order valence-electron chi connectivity index (χ2n) is 0.0913. The first-order chi connectivity index (χ1) is 1.41. The van der Waals surface area contributed by atoms with Crippen molar-refractivity contribution in [2.75, 3.05) is 0 Å². The molecule has 0 rings (SSSR count). The van der Waals surface area contributed by atoms with Gasteiger partial charge in [-0.2, -0.15) is 0 Å². The Morgan fingerprint density at radius 1 is 1.75 bits per heavy atom. The lowest BCUT2D eigenvalue weighted by Crippen LogP contribution is -3.00. The van der Waals surface area contributed by atoms with E-state index in [4.69, 9.17) is 5.26 Å². The summed E-state index contributed by atoms with van der Waals surface area (Å²) in [6.45, 7) is 0. The monoisotopic (exact) mass is 137 g/mol. The van der Waals surface area contributed by atoms with E-state index < -0.39 is 0 Å². The molecule has 0 heterocycles. The van der Waals surface area contributed by atoms with Gasteiger partial charge in [-0.05, 0) is 0 Å². The second-order valence-corrected chi connectivity index (χ2v) is 0.274. The van der Waals surface area contributed by atoms with Gasteiger partial charge in [0.15, 0.2) is 0 Å². The van der Waals surface area contributed by atoms with Crippen LogP contribution in [0.2, 0.25) is 0 Å². The lowest BCUT2D eigenvalue weighted by Gasteiger charge is -1.53. The summed E-state index contributed by atoms with van der Waals surface area (Å²) in [6, 6.07) is 0. The number of hydrogen-bond donors (Lipinski definition) is 0. The van der Waals surface area contributed by atoms with Crippen LogP contribution in [0.1, 0.15) is 0 Å². The second kappa shape index (κ2) is 10.8. The molecule has 0 aliphatic heterocycles. The normalized spacial score (nSPS) is 1.75. The average Bonchev–Trinajstić information content (AvgIpc) is 0.918. The van der Waals surface area contributed by atoms with Crippen LogP contribution in [0.15, 0.2) is 0 Å². The number of nitriles is 1. The van der Waals surface area contributed by atoms with Gasteiger partial charge < -0.3 is 29.6 Å².